The average Bonchev–Trinajstić information content (AvgIpc) is 2.99. The second-order valence-corrected chi connectivity index (χ2v) is 9.30. The number of amides is 1. The van der Waals surface area contributed by atoms with Crippen LogP contribution in [0.5, 0.6) is 0 Å². The molecule has 1 aromatic rings. The summed E-state index contributed by atoms with van der Waals surface area (Å²) >= 11 is 0. The second kappa shape index (κ2) is 8.06. The van der Waals surface area contributed by atoms with Crippen LogP contribution in [0.2, 0.25) is 0 Å². The third-order valence-electron chi connectivity index (χ3n) is 5.38. The molecule has 146 valence electrons. The molecule has 2 aliphatic rings. The number of piperidine rings is 2. The van der Waals surface area contributed by atoms with E-state index in [0.717, 1.165) is 32.4 Å². The zero-order valence-corrected chi connectivity index (χ0v) is 16.4. The Morgan fingerprint density at radius 2 is 2.12 bits per heavy atom. The molecule has 0 radical (unpaired) electrons. The van der Waals surface area contributed by atoms with Crippen molar-refractivity contribution < 1.29 is 13.2 Å². The Balaban J connectivity index is 1.62. The Labute approximate surface area is 155 Å². The molecule has 2 saturated heterocycles. The largest absolute Gasteiger partial charge is 0.355 e. The first kappa shape index (κ1) is 19.3. The highest BCUT2D eigenvalue weighted by molar-refractivity contribution is 7.89. The van der Waals surface area contributed by atoms with Crippen LogP contribution in [-0.2, 0) is 14.8 Å². The highest BCUT2D eigenvalue weighted by atomic mass is 32.2. The molecule has 0 spiro atoms. The summed E-state index contributed by atoms with van der Waals surface area (Å²) in [5.41, 5.74) is 1.01. The smallest absolute Gasteiger partial charge is 0.246 e. The first-order valence-electron chi connectivity index (χ1n) is 9.39. The van der Waals surface area contributed by atoms with Gasteiger partial charge in [0.2, 0.25) is 15.9 Å². The number of aryl methyl sites for hydroxylation is 2. The van der Waals surface area contributed by atoms with E-state index in [1.165, 1.54) is 4.31 Å². The minimum atomic E-state index is -3.63. The van der Waals surface area contributed by atoms with Crippen molar-refractivity contribution in [3.8, 4) is 0 Å². The molecule has 3 heterocycles. The van der Waals surface area contributed by atoms with Crippen molar-refractivity contribution in [3.63, 3.8) is 0 Å². The summed E-state index contributed by atoms with van der Waals surface area (Å²) in [5, 5.41) is 13.1. The molecule has 0 aromatic carbocycles. The molecule has 1 aromatic heterocycles. The van der Waals surface area contributed by atoms with Crippen LogP contribution >= 0.6 is 0 Å². The zero-order valence-electron chi connectivity index (χ0n) is 15.5. The molecule has 0 aliphatic carbocycles. The highest BCUT2D eigenvalue weighted by Gasteiger charge is 2.35. The molecule has 2 unspecified atom stereocenters. The predicted octanol–water partition coefficient (Wildman–Crippen LogP) is 0.543. The molecule has 2 aliphatic heterocycles. The lowest BCUT2D eigenvalue weighted by Crippen LogP contribution is -2.47. The minimum absolute atomic E-state index is 0.0314. The molecule has 8 nitrogen and oxygen atoms in total. The van der Waals surface area contributed by atoms with Crippen LogP contribution in [0.1, 0.15) is 37.1 Å². The summed E-state index contributed by atoms with van der Waals surface area (Å²) < 4.78 is 27.4. The normalized spacial score (nSPS) is 25.2. The van der Waals surface area contributed by atoms with Gasteiger partial charge in [0.1, 0.15) is 4.90 Å². The number of sulfonamides is 1. The Hall–Kier alpha value is -1.45. The first-order valence-corrected chi connectivity index (χ1v) is 10.8. The summed E-state index contributed by atoms with van der Waals surface area (Å²) in [7, 11) is -3.63. The van der Waals surface area contributed by atoms with Crippen LogP contribution in [0, 0.1) is 25.7 Å². The maximum atomic E-state index is 13.0. The molecular weight excluding hydrogens is 354 g/mol. The summed E-state index contributed by atoms with van der Waals surface area (Å²) in [5.74, 6) is 0.144. The van der Waals surface area contributed by atoms with Crippen molar-refractivity contribution in [1.29, 1.82) is 0 Å². The van der Waals surface area contributed by atoms with Crippen molar-refractivity contribution in [2.75, 3.05) is 32.7 Å². The molecule has 26 heavy (non-hydrogen) atoms. The van der Waals surface area contributed by atoms with Gasteiger partial charge >= 0.3 is 0 Å². The van der Waals surface area contributed by atoms with E-state index in [4.69, 9.17) is 0 Å². The van der Waals surface area contributed by atoms with Crippen molar-refractivity contribution in [2.24, 2.45) is 11.8 Å². The molecule has 3 N–H and O–H groups in total. The summed E-state index contributed by atoms with van der Waals surface area (Å²) in [6, 6.07) is 0. The van der Waals surface area contributed by atoms with E-state index in [9.17, 15) is 13.2 Å². The summed E-state index contributed by atoms with van der Waals surface area (Å²) in [6.45, 7) is 6.72. The SMILES string of the molecule is Cc1n[nH]c(C)c1S(=O)(=O)N1CCCC(C(=O)NCC2CCCNC2)C1. The molecular formula is C17H29N5O3S. The van der Waals surface area contributed by atoms with Gasteiger partial charge in [-0.2, -0.15) is 9.40 Å². The van der Waals surface area contributed by atoms with E-state index < -0.39 is 10.0 Å². The van der Waals surface area contributed by atoms with Crippen molar-refractivity contribution in [3.05, 3.63) is 11.4 Å². The quantitative estimate of drug-likeness (QED) is 0.688. The van der Waals surface area contributed by atoms with Crippen molar-refractivity contribution >= 4 is 15.9 Å². The highest BCUT2D eigenvalue weighted by Crippen LogP contribution is 2.26. The van der Waals surface area contributed by atoms with Crippen molar-refractivity contribution in [2.45, 2.75) is 44.4 Å². The summed E-state index contributed by atoms with van der Waals surface area (Å²) in [4.78, 5) is 12.8. The van der Waals surface area contributed by atoms with Crippen molar-refractivity contribution in [1.82, 2.24) is 25.1 Å². The van der Waals surface area contributed by atoms with Gasteiger partial charge < -0.3 is 10.6 Å². The van der Waals surface area contributed by atoms with Gasteiger partial charge in [-0.1, -0.05) is 0 Å². The number of hydrogen-bond acceptors (Lipinski definition) is 5. The van der Waals surface area contributed by atoms with Gasteiger partial charge in [0.15, 0.2) is 0 Å². The van der Waals surface area contributed by atoms with Crippen LogP contribution in [0.3, 0.4) is 0 Å². The van der Waals surface area contributed by atoms with Crippen LogP contribution < -0.4 is 10.6 Å². The maximum Gasteiger partial charge on any atom is 0.246 e. The number of aromatic amines is 1. The third kappa shape index (κ3) is 4.10. The molecule has 9 heteroatoms. The Kier molecular flexibility index (Phi) is 5.99. The van der Waals surface area contributed by atoms with Crippen LogP contribution in [0.4, 0.5) is 0 Å². The minimum Gasteiger partial charge on any atom is -0.355 e. The fourth-order valence-corrected chi connectivity index (χ4v) is 5.77. The second-order valence-electron chi connectivity index (χ2n) is 7.42. The predicted molar refractivity (Wildman–Crippen MR) is 98.1 cm³/mol. The molecule has 0 bridgehead atoms. The van der Waals surface area contributed by atoms with E-state index in [2.05, 4.69) is 20.8 Å². The van der Waals surface area contributed by atoms with Crippen LogP contribution in [0.25, 0.3) is 0 Å². The van der Waals surface area contributed by atoms with E-state index in [1.807, 2.05) is 0 Å². The molecule has 1 amide bonds. The number of H-pyrrole nitrogens is 1. The monoisotopic (exact) mass is 383 g/mol. The number of carbonyl (C=O) groups is 1. The fraction of sp³-hybridized carbons (Fsp3) is 0.765. The number of nitrogens with zero attached hydrogens (tertiary/aromatic N) is 2. The zero-order chi connectivity index (χ0) is 18.7. The topological polar surface area (TPSA) is 107 Å². The van der Waals surface area contributed by atoms with Crippen LogP contribution in [0.15, 0.2) is 4.90 Å². The lowest BCUT2D eigenvalue weighted by atomic mass is 9.97. The lowest BCUT2D eigenvalue weighted by Gasteiger charge is -2.32. The maximum absolute atomic E-state index is 13.0. The molecule has 3 rings (SSSR count). The van der Waals surface area contributed by atoms with Gasteiger partial charge in [-0.15, -0.1) is 0 Å². The standard InChI is InChI=1S/C17H29N5O3S/c1-12-16(13(2)21-20-12)26(24,25)22-8-4-6-15(11-22)17(23)19-10-14-5-3-7-18-9-14/h14-15,18H,3-11H2,1-2H3,(H,19,23)(H,20,21). The Bertz CT molecular complexity index is 720. The van der Waals surface area contributed by atoms with Gasteiger partial charge in [-0.25, -0.2) is 8.42 Å². The Morgan fingerprint density at radius 1 is 1.31 bits per heavy atom. The van der Waals surface area contributed by atoms with Gasteiger partial charge in [-0.05, 0) is 58.5 Å². The van der Waals surface area contributed by atoms with E-state index in [1.54, 1.807) is 13.8 Å². The van der Waals surface area contributed by atoms with Gasteiger partial charge in [-0.3, -0.25) is 9.89 Å². The third-order valence-corrected chi connectivity index (χ3v) is 7.51. The van der Waals surface area contributed by atoms with Gasteiger partial charge in [0.05, 0.1) is 17.3 Å². The number of nitrogens with one attached hydrogen (secondary N) is 3. The molecule has 2 atom stereocenters. The molecule has 0 saturated carbocycles. The number of aromatic nitrogens is 2. The van der Waals surface area contributed by atoms with E-state index in [-0.39, 0.29) is 23.3 Å². The van der Waals surface area contributed by atoms with E-state index in [0.29, 0.717) is 36.8 Å². The summed E-state index contributed by atoms with van der Waals surface area (Å²) in [6.07, 6.45) is 3.68. The number of hydrogen-bond donors (Lipinski definition) is 3. The average molecular weight is 384 g/mol. The van der Waals surface area contributed by atoms with Gasteiger partial charge in [0.25, 0.3) is 0 Å². The van der Waals surface area contributed by atoms with E-state index >= 15 is 0 Å². The number of carbonyl (C=O) groups excluding carboxylic acids is 1. The number of rotatable bonds is 5. The fourth-order valence-electron chi connectivity index (χ4n) is 3.91. The lowest BCUT2D eigenvalue weighted by molar-refractivity contribution is -0.126. The Morgan fingerprint density at radius 3 is 2.77 bits per heavy atom. The van der Waals surface area contributed by atoms with Gasteiger partial charge in [0, 0.05) is 19.6 Å². The first-order chi connectivity index (χ1) is 12.4. The van der Waals surface area contributed by atoms with Crippen LogP contribution in [-0.4, -0.2) is 61.6 Å². The molecule has 2 fully saturated rings.